The third-order valence-corrected chi connectivity index (χ3v) is 5.90. The van der Waals surface area contributed by atoms with Gasteiger partial charge in [0.1, 0.15) is 11.2 Å². The number of halogens is 1. The molecule has 2 aromatic heterocycles. The molecule has 0 radical (unpaired) electrons. The second-order valence-electron chi connectivity index (χ2n) is 7.66. The predicted octanol–water partition coefficient (Wildman–Crippen LogP) is 0.501. The van der Waals surface area contributed by atoms with E-state index < -0.39 is 23.2 Å². The van der Waals surface area contributed by atoms with Gasteiger partial charge in [-0.1, -0.05) is 0 Å². The average Bonchev–Trinajstić information content (AvgIpc) is 3.38. The maximum absolute atomic E-state index is 15.4. The van der Waals surface area contributed by atoms with Crippen molar-refractivity contribution in [3.63, 3.8) is 0 Å². The molecule has 3 N–H and O–H groups in total. The number of nitrogens with one attached hydrogen (secondary N) is 1. The van der Waals surface area contributed by atoms with E-state index in [0.717, 1.165) is 12.8 Å². The van der Waals surface area contributed by atoms with Crippen LogP contribution in [0.1, 0.15) is 36.4 Å². The lowest BCUT2D eigenvalue weighted by molar-refractivity contribution is 0.0545. The van der Waals surface area contributed by atoms with Gasteiger partial charge >= 0.3 is 5.69 Å². The molecule has 4 rings (SSSR count). The smallest absolute Gasteiger partial charge is 0.333 e. The quantitative estimate of drug-likeness (QED) is 0.683. The molecule has 1 saturated carbocycles. The fraction of sp³-hybridized carbons (Fsp3) is 0.579. The summed E-state index contributed by atoms with van der Waals surface area (Å²) in [7, 11) is 1.39. The summed E-state index contributed by atoms with van der Waals surface area (Å²) in [6.45, 7) is 1.96. The van der Waals surface area contributed by atoms with Gasteiger partial charge in [0.25, 0.3) is 5.56 Å². The molecule has 2 atom stereocenters. The van der Waals surface area contributed by atoms with E-state index in [1.54, 1.807) is 4.90 Å². The van der Waals surface area contributed by atoms with Gasteiger partial charge in [-0.2, -0.15) is 0 Å². The molecule has 2 aliphatic rings. The molecule has 0 aromatic carbocycles. The summed E-state index contributed by atoms with van der Waals surface area (Å²) in [5.74, 6) is -0.616. The number of methoxy groups -OCH3 is 1. The standard InChI is InChI=1S/C19H24FN3O5/c1-9-14(20)16(22-6-5-11(7-22)12(25)8-24)17(28-2)15-13(10-3-4-10)18(26)21-19(27)23(9)15/h10-12,24-25H,3-8H2,1-2H3,(H,21,26,27). The van der Waals surface area contributed by atoms with Crippen LogP contribution in [0.25, 0.3) is 5.52 Å². The summed E-state index contributed by atoms with van der Waals surface area (Å²) < 4.78 is 22.1. The van der Waals surface area contributed by atoms with Crippen molar-refractivity contribution in [1.29, 1.82) is 0 Å². The average molecular weight is 393 g/mol. The summed E-state index contributed by atoms with van der Waals surface area (Å²) in [4.78, 5) is 29.0. The Bertz CT molecular complexity index is 1040. The van der Waals surface area contributed by atoms with E-state index in [1.165, 1.54) is 18.4 Å². The molecular weight excluding hydrogens is 369 g/mol. The number of hydrogen-bond donors (Lipinski definition) is 3. The number of anilines is 1. The Kier molecular flexibility index (Phi) is 4.67. The van der Waals surface area contributed by atoms with Crippen molar-refractivity contribution in [2.45, 2.75) is 38.2 Å². The summed E-state index contributed by atoms with van der Waals surface area (Å²) >= 11 is 0. The lowest BCUT2D eigenvalue weighted by Gasteiger charge is -2.26. The molecule has 8 nitrogen and oxygen atoms in total. The highest BCUT2D eigenvalue weighted by atomic mass is 19.1. The molecule has 0 spiro atoms. The molecule has 3 heterocycles. The van der Waals surface area contributed by atoms with Gasteiger partial charge in [0.05, 0.1) is 25.5 Å². The fourth-order valence-electron chi connectivity index (χ4n) is 4.26. The summed E-state index contributed by atoms with van der Waals surface area (Å²) in [6, 6.07) is 0. The van der Waals surface area contributed by atoms with Crippen molar-refractivity contribution < 1.29 is 19.3 Å². The zero-order valence-electron chi connectivity index (χ0n) is 15.9. The van der Waals surface area contributed by atoms with Crippen LogP contribution < -0.4 is 20.9 Å². The van der Waals surface area contributed by atoms with Crippen molar-refractivity contribution in [2.24, 2.45) is 5.92 Å². The second kappa shape index (κ2) is 6.89. The highest BCUT2D eigenvalue weighted by molar-refractivity contribution is 5.79. The van der Waals surface area contributed by atoms with E-state index in [0.29, 0.717) is 30.6 Å². The second-order valence-corrected chi connectivity index (χ2v) is 7.66. The first-order valence-corrected chi connectivity index (χ1v) is 9.47. The van der Waals surface area contributed by atoms with Gasteiger partial charge in [0.2, 0.25) is 0 Å². The van der Waals surface area contributed by atoms with Crippen molar-refractivity contribution in [1.82, 2.24) is 9.38 Å². The first kappa shape index (κ1) is 18.9. The largest absolute Gasteiger partial charge is 0.492 e. The topological polar surface area (TPSA) is 107 Å². The number of aromatic amines is 1. The summed E-state index contributed by atoms with van der Waals surface area (Å²) in [5.41, 5.74) is -0.0937. The Morgan fingerprint density at radius 3 is 2.64 bits per heavy atom. The Balaban J connectivity index is 1.98. The Morgan fingerprint density at radius 2 is 2.04 bits per heavy atom. The minimum atomic E-state index is -0.881. The van der Waals surface area contributed by atoms with Gasteiger partial charge in [-0.15, -0.1) is 0 Å². The molecule has 2 aromatic rings. The number of hydrogen-bond acceptors (Lipinski definition) is 6. The summed E-state index contributed by atoms with van der Waals surface area (Å²) in [6.07, 6.45) is 1.38. The molecule has 1 saturated heterocycles. The first-order valence-electron chi connectivity index (χ1n) is 9.47. The predicted molar refractivity (Wildman–Crippen MR) is 101 cm³/mol. The Labute approximate surface area is 160 Å². The molecule has 2 unspecified atom stereocenters. The van der Waals surface area contributed by atoms with Crippen LogP contribution in [-0.2, 0) is 0 Å². The first-order chi connectivity index (χ1) is 13.4. The van der Waals surface area contributed by atoms with E-state index in [2.05, 4.69) is 4.98 Å². The van der Waals surface area contributed by atoms with Crippen LogP contribution in [0.2, 0.25) is 0 Å². The minimum Gasteiger partial charge on any atom is -0.492 e. The van der Waals surface area contributed by atoms with Crippen LogP contribution in [0.4, 0.5) is 10.1 Å². The maximum atomic E-state index is 15.4. The maximum Gasteiger partial charge on any atom is 0.333 e. The van der Waals surface area contributed by atoms with Crippen LogP contribution in [0, 0.1) is 18.7 Å². The molecular formula is C19H24FN3O5. The van der Waals surface area contributed by atoms with Gasteiger partial charge < -0.3 is 19.8 Å². The number of fused-ring (bicyclic) bond motifs is 1. The zero-order valence-corrected chi connectivity index (χ0v) is 15.9. The van der Waals surface area contributed by atoms with Crippen molar-refractivity contribution in [3.05, 3.63) is 37.9 Å². The molecule has 9 heteroatoms. The SMILES string of the molecule is COc1c(N2CCC(C(O)CO)C2)c(F)c(C)n2c(=O)[nH]c(=O)c(C3CC3)c12. The number of aliphatic hydroxyl groups is 2. The van der Waals surface area contributed by atoms with Gasteiger partial charge in [0.15, 0.2) is 11.6 Å². The van der Waals surface area contributed by atoms with Gasteiger partial charge in [-0.05, 0) is 32.1 Å². The number of aryl methyl sites for hydroxylation is 1. The molecule has 1 aliphatic heterocycles. The number of aliphatic hydroxyl groups excluding tert-OH is 2. The van der Waals surface area contributed by atoms with Crippen molar-refractivity contribution in [3.8, 4) is 5.75 Å². The van der Waals surface area contributed by atoms with E-state index in [-0.39, 0.29) is 35.6 Å². The van der Waals surface area contributed by atoms with Crippen LogP contribution in [0.3, 0.4) is 0 Å². The number of H-pyrrole nitrogens is 1. The Morgan fingerprint density at radius 1 is 1.32 bits per heavy atom. The van der Waals surface area contributed by atoms with Gasteiger partial charge in [-0.3, -0.25) is 14.2 Å². The van der Waals surface area contributed by atoms with E-state index >= 15 is 4.39 Å². The monoisotopic (exact) mass is 393 g/mol. The van der Waals surface area contributed by atoms with Gasteiger partial charge in [-0.25, -0.2) is 9.18 Å². The van der Waals surface area contributed by atoms with E-state index in [9.17, 15) is 19.8 Å². The van der Waals surface area contributed by atoms with Crippen LogP contribution in [0.15, 0.2) is 9.59 Å². The van der Waals surface area contributed by atoms with Crippen LogP contribution in [-0.4, -0.2) is 52.5 Å². The van der Waals surface area contributed by atoms with E-state index in [4.69, 9.17) is 4.74 Å². The van der Waals surface area contributed by atoms with E-state index in [1.807, 2.05) is 0 Å². The van der Waals surface area contributed by atoms with Crippen LogP contribution in [0.5, 0.6) is 5.75 Å². The highest BCUT2D eigenvalue weighted by Gasteiger charge is 2.36. The number of ether oxygens (including phenoxy) is 1. The van der Waals surface area contributed by atoms with Gasteiger partial charge in [0, 0.05) is 24.6 Å². The lowest BCUT2D eigenvalue weighted by Crippen LogP contribution is -2.33. The number of pyridine rings is 1. The minimum absolute atomic E-state index is 0.0218. The Hall–Kier alpha value is -2.39. The van der Waals surface area contributed by atoms with Crippen molar-refractivity contribution >= 4 is 11.2 Å². The third kappa shape index (κ3) is 2.80. The van der Waals surface area contributed by atoms with Crippen LogP contribution >= 0.6 is 0 Å². The normalized spacial score (nSPS) is 20.8. The molecule has 28 heavy (non-hydrogen) atoms. The third-order valence-electron chi connectivity index (χ3n) is 5.90. The lowest BCUT2D eigenvalue weighted by atomic mass is 10.0. The fourth-order valence-corrected chi connectivity index (χ4v) is 4.26. The van der Waals surface area contributed by atoms with Crippen molar-refractivity contribution in [2.75, 3.05) is 31.7 Å². The molecule has 152 valence electrons. The molecule has 1 aliphatic carbocycles. The zero-order chi connectivity index (χ0) is 20.2. The number of nitrogens with zero attached hydrogens (tertiary/aromatic N) is 2. The number of rotatable bonds is 5. The molecule has 0 bridgehead atoms. The number of aromatic nitrogens is 2. The molecule has 0 amide bonds. The summed E-state index contributed by atoms with van der Waals surface area (Å²) in [5, 5.41) is 19.2. The molecule has 2 fully saturated rings. The highest BCUT2D eigenvalue weighted by Crippen LogP contribution is 2.46.